The summed E-state index contributed by atoms with van der Waals surface area (Å²) in [6, 6.07) is 22.1. The summed E-state index contributed by atoms with van der Waals surface area (Å²) >= 11 is 0. The second kappa shape index (κ2) is 13.4. The van der Waals surface area contributed by atoms with E-state index in [9.17, 15) is 23.1 Å². The molecule has 0 saturated heterocycles. The Hall–Kier alpha value is -4.81. The number of anilines is 1. The van der Waals surface area contributed by atoms with Crippen molar-refractivity contribution in [3.63, 3.8) is 0 Å². The van der Waals surface area contributed by atoms with Crippen molar-refractivity contribution in [2.24, 2.45) is 5.73 Å². The molecule has 0 aliphatic carbocycles. The molecule has 11 nitrogen and oxygen atoms in total. The van der Waals surface area contributed by atoms with Gasteiger partial charge in [0.2, 0.25) is 9.84 Å². The number of carboxylic acid groups (broad SMARTS) is 1. The molecule has 2 heterocycles. The fourth-order valence-corrected chi connectivity index (χ4v) is 6.21. The van der Waals surface area contributed by atoms with E-state index in [2.05, 4.69) is 9.97 Å². The van der Waals surface area contributed by atoms with E-state index in [1.54, 1.807) is 32.9 Å². The van der Waals surface area contributed by atoms with Crippen LogP contribution in [0, 0.1) is 0 Å². The van der Waals surface area contributed by atoms with Crippen molar-refractivity contribution < 1.29 is 32.6 Å². The number of aromatic nitrogens is 2. The largest absolute Gasteiger partial charge is 0.494 e. The summed E-state index contributed by atoms with van der Waals surface area (Å²) in [6.45, 7) is 6.59. The lowest BCUT2D eigenvalue weighted by Crippen LogP contribution is -2.48. The Kier molecular flexibility index (Phi) is 9.89. The van der Waals surface area contributed by atoms with Gasteiger partial charge in [-0.3, -0.25) is 14.7 Å². The smallest absolute Gasteiger partial charge is 0.416 e. The van der Waals surface area contributed by atoms with Crippen molar-refractivity contribution >= 4 is 27.7 Å². The number of amides is 1. The molecule has 1 unspecified atom stereocenters. The highest BCUT2D eigenvalue weighted by molar-refractivity contribution is 7.92. The van der Waals surface area contributed by atoms with Crippen LogP contribution in [0.25, 0.3) is 11.1 Å². The minimum atomic E-state index is -4.36. The van der Waals surface area contributed by atoms with Gasteiger partial charge in [0.1, 0.15) is 23.7 Å². The molecule has 4 aromatic rings. The Balaban J connectivity index is 1.79. The lowest BCUT2D eigenvalue weighted by atomic mass is 9.99. The van der Waals surface area contributed by atoms with E-state index in [0.717, 1.165) is 21.8 Å². The third-order valence-corrected chi connectivity index (χ3v) is 8.85. The van der Waals surface area contributed by atoms with Crippen LogP contribution < -0.4 is 15.4 Å². The fraction of sp³-hybridized carbons (Fsp3) is 0.273. The van der Waals surface area contributed by atoms with Crippen LogP contribution in [0.4, 0.5) is 10.6 Å². The van der Waals surface area contributed by atoms with Crippen LogP contribution >= 0.6 is 0 Å². The number of ether oxygens (including phenoxy) is 2. The van der Waals surface area contributed by atoms with Crippen LogP contribution in [0.5, 0.6) is 5.75 Å². The Morgan fingerprint density at radius 3 is 2.29 bits per heavy atom. The predicted molar refractivity (Wildman–Crippen MR) is 169 cm³/mol. The topological polar surface area (TPSA) is 162 Å². The van der Waals surface area contributed by atoms with E-state index in [0.29, 0.717) is 12.2 Å². The van der Waals surface area contributed by atoms with E-state index < -0.39 is 38.9 Å². The van der Waals surface area contributed by atoms with Gasteiger partial charge in [0.25, 0.3) is 0 Å². The van der Waals surface area contributed by atoms with E-state index in [-0.39, 0.29) is 22.8 Å². The highest BCUT2D eigenvalue weighted by Gasteiger charge is 2.45. The third-order valence-electron chi connectivity index (χ3n) is 6.68. The van der Waals surface area contributed by atoms with Gasteiger partial charge in [-0.1, -0.05) is 42.5 Å². The van der Waals surface area contributed by atoms with Crippen molar-refractivity contribution in [1.29, 1.82) is 0 Å². The molecule has 2 aromatic carbocycles. The molecule has 236 valence electrons. The first-order valence-corrected chi connectivity index (χ1v) is 15.7. The minimum Gasteiger partial charge on any atom is -0.494 e. The lowest BCUT2D eigenvalue weighted by Gasteiger charge is -2.30. The summed E-state index contributed by atoms with van der Waals surface area (Å²) in [7, 11) is -4.36. The maximum Gasteiger partial charge on any atom is 0.416 e. The van der Waals surface area contributed by atoms with Crippen molar-refractivity contribution in [3.05, 3.63) is 103 Å². The number of aliphatic carboxylic acids is 1. The maximum atomic E-state index is 14.2. The SMILES string of the molecule is CCOc1cccc(-c2ccc(CC(N)(c3cccc(N(CC(=O)O)C(=O)OC(C)(C)C)n3)S(=O)(=O)c3cccnc3)cc2)c1. The molecule has 12 heteroatoms. The quantitative estimate of drug-likeness (QED) is 0.225. The number of hydrogen-bond acceptors (Lipinski definition) is 9. The second-order valence-electron chi connectivity index (χ2n) is 11.3. The summed E-state index contributed by atoms with van der Waals surface area (Å²) in [5, 5.41) is 9.53. The molecule has 0 bridgehead atoms. The van der Waals surface area contributed by atoms with Crippen LogP contribution in [0.1, 0.15) is 39.0 Å². The van der Waals surface area contributed by atoms with Crippen molar-refractivity contribution in [2.45, 2.75) is 49.5 Å². The normalized spacial score (nSPS) is 13.0. The van der Waals surface area contributed by atoms with Gasteiger partial charge in [-0.25, -0.2) is 18.2 Å². The molecular weight excluding hydrogens is 596 g/mol. The monoisotopic (exact) mass is 632 g/mol. The molecule has 0 fully saturated rings. The summed E-state index contributed by atoms with van der Waals surface area (Å²) < 4.78 is 39.4. The molecule has 1 atom stereocenters. The van der Waals surface area contributed by atoms with Crippen LogP contribution in [0.2, 0.25) is 0 Å². The molecule has 0 aliphatic rings. The van der Waals surface area contributed by atoms with Gasteiger partial charge in [0, 0.05) is 18.8 Å². The van der Waals surface area contributed by atoms with E-state index in [4.69, 9.17) is 15.2 Å². The number of hydrogen-bond donors (Lipinski definition) is 2. The number of sulfone groups is 1. The zero-order chi connectivity index (χ0) is 32.8. The third kappa shape index (κ3) is 7.83. The first-order valence-electron chi connectivity index (χ1n) is 14.2. The number of benzene rings is 2. The summed E-state index contributed by atoms with van der Waals surface area (Å²) in [6.07, 6.45) is 1.48. The number of carbonyl (C=O) groups is 2. The number of carboxylic acids is 1. The number of pyridine rings is 2. The molecule has 3 N–H and O–H groups in total. The molecule has 4 rings (SSSR count). The molecule has 45 heavy (non-hydrogen) atoms. The number of nitrogens with zero attached hydrogens (tertiary/aromatic N) is 3. The van der Waals surface area contributed by atoms with Crippen molar-refractivity contribution in [3.8, 4) is 16.9 Å². The van der Waals surface area contributed by atoms with Gasteiger partial charge in [-0.15, -0.1) is 0 Å². The summed E-state index contributed by atoms with van der Waals surface area (Å²) in [5.41, 5.74) is 8.24. The van der Waals surface area contributed by atoms with Gasteiger partial charge in [0.15, 0.2) is 4.87 Å². The van der Waals surface area contributed by atoms with Crippen LogP contribution in [0.3, 0.4) is 0 Å². The standard InChI is InChI=1S/C33H36N4O7S/c1-5-43-26-10-6-9-25(19-26)24-16-14-23(15-17-24)20-33(34,45(41,42)27-11-8-18-35-21-27)28-12-7-13-29(36-28)37(22-30(38)39)31(40)44-32(2,3)4/h6-19,21H,5,20,22,34H2,1-4H3,(H,38,39). The van der Waals surface area contributed by atoms with Gasteiger partial charge in [-0.2, -0.15) is 0 Å². The van der Waals surface area contributed by atoms with Crippen molar-refractivity contribution in [1.82, 2.24) is 9.97 Å². The molecule has 1 amide bonds. The summed E-state index contributed by atoms with van der Waals surface area (Å²) in [5.74, 6) is -0.719. The van der Waals surface area contributed by atoms with Crippen molar-refractivity contribution in [2.75, 3.05) is 18.1 Å². The van der Waals surface area contributed by atoms with Crippen LogP contribution in [0.15, 0.2) is 96.2 Å². The Morgan fingerprint density at radius 1 is 0.956 bits per heavy atom. The Morgan fingerprint density at radius 2 is 1.67 bits per heavy atom. The fourth-order valence-electron chi connectivity index (χ4n) is 4.59. The maximum absolute atomic E-state index is 14.2. The zero-order valence-corrected chi connectivity index (χ0v) is 26.3. The predicted octanol–water partition coefficient (Wildman–Crippen LogP) is 5.20. The first kappa shape index (κ1) is 33.1. The highest BCUT2D eigenvalue weighted by atomic mass is 32.2. The average molecular weight is 633 g/mol. The van der Waals surface area contributed by atoms with E-state index in [1.165, 1.54) is 42.7 Å². The molecule has 0 aliphatic heterocycles. The zero-order valence-electron chi connectivity index (χ0n) is 25.5. The molecule has 2 aromatic heterocycles. The molecule has 0 radical (unpaired) electrons. The summed E-state index contributed by atoms with van der Waals surface area (Å²) in [4.78, 5) is 31.7. The number of nitrogens with two attached hydrogens (primary N) is 1. The minimum absolute atomic E-state index is 0.101. The Bertz CT molecular complexity index is 1760. The average Bonchev–Trinajstić information content (AvgIpc) is 3.00. The van der Waals surface area contributed by atoms with Gasteiger partial charge >= 0.3 is 12.1 Å². The second-order valence-corrected chi connectivity index (χ2v) is 13.5. The van der Waals surface area contributed by atoms with Gasteiger partial charge in [0.05, 0.1) is 17.2 Å². The van der Waals surface area contributed by atoms with Crippen LogP contribution in [-0.2, 0) is 30.7 Å². The number of rotatable bonds is 11. The van der Waals surface area contributed by atoms with Crippen LogP contribution in [-0.4, -0.2) is 54.3 Å². The Labute approximate surface area is 262 Å². The number of carbonyl (C=O) groups excluding carboxylic acids is 1. The van der Waals surface area contributed by atoms with Gasteiger partial charge in [-0.05, 0) is 80.8 Å². The van der Waals surface area contributed by atoms with E-state index in [1.807, 2.05) is 43.3 Å². The van der Waals surface area contributed by atoms with E-state index >= 15 is 0 Å². The lowest BCUT2D eigenvalue weighted by molar-refractivity contribution is -0.135. The molecular formula is C33H36N4O7S. The van der Waals surface area contributed by atoms with Gasteiger partial charge < -0.3 is 20.3 Å². The highest BCUT2D eigenvalue weighted by Crippen LogP contribution is 2.35. The molecule has 0 saturated carbocycles. The first-order chi connectivity index (χ1) is 21.2. The molecule has 0 spiro atoms.